The first-order chi connectivity index (χ1) is 9.40. The van der Waals surface area contributed by atoms with Gasteiger partial charge in [0, 0.05) is 22.5 Å². The van der Waals surface area contributed by atoms with Gasteiger partial charge in [0.05, 0.1) is 6.54 Å². The topological polar surface area (TPSA) is 29.9 Å². The van der Waals surface area contributed by atoms with E-state index in [1.54, 1.807) is 11.3 Å². The predicted molar refractivity (Wildman–Crippen MR) is 72.8 cm³/mol. The lowest BCUT2D eigenvalue weighted by Crippen LogP contribution is -2.10. The number of rotatable bonds is 5. The molecule has 0 spiro atoms. The minimum Gasteiger partial charge on any atom is -0.312 e. The van der Waals surface area contributed by atoms with Gasteiger partial charge in [-0.2, -0.15) is 18.3 Å². The number of thiophene rings is 1. The van der Waals surface area contributed by atoms with Crippen LogP contribution in [0.3, 0.4) is 0 Å². The van der Waals surface area contributed by atoms with Gasteiger partial charge in [0.15, 0.2) is 5.69 Å². The molecule has 0 unspecified atom stereocenters. The number of aromatic nitrogens is 2. The molecule has 2 aromatic rings. The van der Waals surface area contributed by atoms with Crippen molar-refractivity contribution in [2.75, 3.05) is 6.54 Å². The summed E-state index contributed by atoms with van der Waals surface area (Å²) in [6, 6.07) is 3.03. The van der Waals surface area contributed by atoms with Crippen molar-refractivity contribution in [3.8, 4) is 0 Å². The van der Waals surface area contributed by atoms with Crippen molar-refractivity contribution in [3.63, 3.8) is 0 Å². The molecule has 0 aliphatic rings. The van der Waals surface area contributed by atoms with Crippen molar-refractivity contribution in [2.24, 2.45) is 0 Å². The summed E-state index contributed by atoms with van der Waals surface area (Å²) >= 11 is 1.66. The van der Waals surface area contributed by atoms with Crippen LogP contribution in [0.25, 0.3) is 0 Å². The van der Waals surface area contributed by atoms with E-state index >= 15 is 0 Å². The number of hydrogen-bond acceptors (Lipinski definition) is 3. The second kappa shape index (κ2) is 5.97. The summed E-state index contributed by atoms with van der Waals surface area (Å²) < 4.78 is 38.8. The summed E-state index contributed by atoms with van der Waals surface area (Å²) in [6.45, 7) is 6.05. The van der Waals surface area contributed by atoms with Gasteiger partial charge in [-0.15, -0.1) is 11.3 Å². The average Bonchev–Trinajstić information content (AvgIpc) is 2.95. The smallest absolute Gasteiger partial charge is 0.312 e. The molecule has 0 atom stereocenters. The lowest BCUT2D eigenvalue weighted by Gasteiger charge is -2.02. The lowest BCUT2D eigenvalue weighted by molar-refractivity contribution is -0.141. The van der Waals surface area contributed by atoms with Gasteiger partial charge in [-0.1, -0.05) is 6.92 Å². The van der Waals surface area contributed by atoms with Gasteiger partial charge < -0.3 is 5.32 Å². The van der Waals surface area contributed by atoms with Crippen LogP contribution >= 0.6 is 11.3 Å². The number of halogens is 3. The number of aryl methyl sites for hydroxylation is 1. The second-order valence-corrected chi connectivity index (χ2v) is 5.81. The normalized spacial score (nSPS) is 12.1. The van der Waals surface area contributed by atoms with Gasteiger partial charge in [0.2, 0.25) is 0 Å². The maximum absolute atomic E-state index is 12.5. The van der Waals surface area contributed by atoms with E-state index in [4.69, 9.17) is 0 Å². The Labute approximate surface area is 119 Å². The first-order valence-corrected chi connectivity index (χ1v) is 7.11. The van der Waals surface area contributed by atoms with Gasteiger partial charge in [0.1, 0.15) is 0 Å². The quantitative estimate of drug-likeness (QED) is 0.917. The molecule has 2 rings (SSSR count). The van der Waals surface area contributed by atoms with Crippen LogP contribution in [0.4, 0.5) is 13.2 Å². The Morgan fingerprint density at radius 1 is 1.40 bits per heavy atom. The fourth-order valence-electron chi connectivity index (χ4n) is 1.86. The number of hydrogen-bond donors (Lipinski definition) is 1. The molecule has 110 valence electrons. The van der Waals surface area contributed by atoms with Gasteiger partial charge in [-0.3, -0.25) is 4.68 Å². The Morgan fingerprint density at radius 3 is 2.75 bits per heavy atom. The van der Waals surface area contributed by atoms with E-state index in [1.807, 2.05) is 19.9 Å². The van der Waals surface area contributed by atoms with Crippen LogP contribution in [-0.2, 0) is 19.3 Å². The summed E-state index contributed by atoms with van der Waals surface area (Å²) in [6.07, 6.45) is -3.02. The van der Waals surface area contributed by atoms with Gasteiger partial charge >= 0.3 is 6.18 Å². The van der Waals surface area contributed by atoms with Crippen molar-refractivity contribution in [1.29, 1.82) is 0 Å². The summed E-state index contributed by atoms with van der Waals surface area (Å²) in [5, 5.41) is 6.80. The number of alkyl halides is 3. The van der Waals surface area contributed by atoms with Crippen LogP contribution in [0.2, 0.25) is 0 Å². The minimum absolute atomic E-state index is 0.366. The van der Waals surface area contributed by atoms with Crippen LogP contribution in [0.1, 0.15) is 27.9 Å². The molecule has 0 radical (unpaired) electrons. The van der Waals surface area contributed by atoms with Crippen molar-refractivity contribution >= 4 is 11.3 Å². The zero-order chi connectivity index (χ0) is 14.8. The Bertz CT molecular complexity index is 572. The van der Waals surface area contributed by atoms with Crippen LogP contribution in [-0.4, -0.2) is 16.3 Å². The van der Waals surface area contributed by atoms with Crippen LogP contribution < -0.4 is 5.32 Å². The molecule has 0 saturated carbocycles. The molecule has 0 amide bonds. The summed E-state index contributed by atoms with van der Waals surface area (Å²) in [5.41, 5.74) is 0.165. The van der Waals surface area contributed by atoms with Crippen molar-refractivity contribution in [3.05, 3.63) is 39.3 Å². The maximum atomic E-state index is 12.5. The van der Waals surface area contributed by atoms with Crippen LogP contribution in [0, 0.1) is 6.92 Å². The maximum Gasteiger partial charge on any atom is 0.435 e. The molecule has 0 aliphatic heterocycles. The molecular weight excluding hydrogens is 287 g/mol. The molecule has 1 N–H and O–H groups in total. The molecule has 0 bridgehead atoms. The summed E-state index contributed by atoms with van der Waals surface area (Å²) in [5.74, 6) is 0. The highest BCUT2D eigenvalue weighted by Gasteiger charge is 2.33. The third kappa shape index (κ3) is 3.61. The van der Waals surface area contributed by atoms with Crippen LogP contribution in [0.15, 0.2) is 18.3 Å². The third-order valence-corrected chi connectivity index (χ3v) is 3.98. The monoisotopic (exact) mass is 303 g/mol. The largest absolute Gasteiger partial charge is 0.435 e. The van der Waals surface area contributed by atoms with E-state index in [1.165, 1.54) is 15.8 Å². The lowest BCUT2D eigenvalue weighted by atomic mass is 10.2. The summed E-state index contributed by atoms with van der Waals surface area (Å²) in [4.78, 5) is 2.30. The van der Waals surface area contributed by atoms with Crippen molar-refractivity contribution in [2.45, 2.75) is 33.1 Å². The number of nitrogens with zero attached hydrogens (tertiary/aromatic N) is 2. The number of nitrogens with one attached hydrogen (secondary N) is 1. The first kappa shape index (κ1) is 15.1. The third-order valence-electron chi connectivity index (χ3n) is 2.88. The van der Waals surface area contributed by atoms with E-state index in [-0.39, 0.29) is 0 Å². The summed E-state index contributed by atoms with van der Waals surface area (Å²) in [7, 11) is 0. The first-order valence-electron chi connectivity index (χ1n) is 6.29. The highest BCUT2D eigenvalue weighted by molar-refractivity contribution is 7.12. The Hall–Kier alpha value is -1.34. The molecule has 0 fully saturated rings. The molecular formula is C13H16F3N3S. The van der Waals surface area contributed by atoms with E-state index in [0.29, 0.717) is 6.54 Å². The molecule has 2 heterocycles. The Balaban J connectivity index is 2.10. The minimum atomic E-state index is -4.38. The van der Waals surface area contributed by atoms with Gasteiger partial charge in [0.25, 0.3) is 0 Å². The van der Waals surface area contributed by atoms with Gasteiger partial charge in [-0.05, 0) is 31.2 Å². The van der Waals surface area contributed by atoms with E-state index in [0.717, 1.165) is 29.6 Å². The molecule has 7 heteroatoms. The molecule has 3 nitrogen and oxygen atoms in total. The van der Waals surface area contributed by atoms with Gasteiger partial charge in [-0.25, -0.2) is 0 Å². The zero-order valence-electron chi connectivity index (χ0n) is 11.3. The fourth-order valence-corrected chi connectivity index (χ4v) is 2.88. The van der Waals surface area contributed by atoms with E-state index < -0.39 is 11.9 Å². The molecule has 0 aliphatic carbocycles. The van der Waals surface area contributed by atoms with Crippen LogP contribution in [0.5, 0.6) is 0 Å². The zero-order valence-corrected chi connectivity index (χ0v) is 12.1. The molecule has 0 saturated heterocycles. The SMILES string of the molecule is CCNCc1cc(Cn2ccc(C(F)(F)F)n2)c(C)s1. The van der Waals surface area contributed by atoms with E-state index in [2.05, 4.69) is 10.4 Å². The molecule has 2 aromatic heterocycles. The van der Waals surface area contributed by atoms with Crippen molar-refractivity contribution < 1.29 is 13.2 Å². The average molecular weight is 303 g/mol. The highest BCUT2D eigenvalue weighted by Crippen LogP contribution is 2.28. The highest BCUT2D eigenvalue weighted by atomic mass is 32.1. The fraction of sp³-hybridized carbons (Fsp3) is 0.462. The standard InChI is InChI=1S/C13H16F3N3S/c1-3-17-7-11-6-10(9(2)20-11)8-19-5-4-12(18-19)13(14,15)16/h4-6,17H,3,7-8H2,1-2H3. The van der Waals surface area contributed by atoms with E-state index in [9.17, 15) is 13.2 Å². The molecule has 0 aromatic carbocycles. The Kier molecular flexibility index (Phi) is 4.49. The van der Waals surface area contributed by atoms with Crippen molar-refractivity contribution in [1.82, 2.24) is 15.1 Å². The molecule has 20 heavy (non-hydrogen) atoms. The predicted octanol–water partition coefficient (Wildman–Crippen LogP) is 3.43. The Morgan fingerprint density at radius 2 is 2.15 bits per heavy atom. The second-order valence-electron chi connectivity index (χ2n) is 4.47.